The van der Waals surface area contributed by atoms with E-state index in [-0.39, 0.29) is 6.04 Å². The average molecular weight is 358 g/mol. The predicted octanol–water partition coefficient (Wildman–Crippen LogP) is 5.39. The summed E-state index contributed by atoms with van der Waals surface area (Å²) in [5.41, 5.74) is 5.91. The Morgan fingerprint density at radius 1 is 1.24 bits per heavy atom. The molecule has 0 N–H and O–H groups in total. The van der Waals surface area contributed by atoms with E-state index in [0.29, 0.717) is 17.5 Å². The summed E-state index contributed by atoms with van der Waals surface area (Å²) in [6.45, 7) is 9.10. The summed E-state index contributed by atoms with van der Waals surface area (Å²) in [6, 6.07) is 6.30. The van der Waals surface area contributed by atoms with Crippen molar-refractivity contribution in [2.75, 3.05) is 13.7 Å². The second kappa shape index (κ2) is 7.14. The fraction of sp³-hybridized carbons (Fsp3) is 0.400. The topological polar surface area (TPSA) is 39.9 Å². The molecule has 0 spiro atoms. The molecule has 132 valence electrons. The smallest absolute Gasteiger partial charge is 0.0918 e. The van der Waals surface area contributed by atoms with E-state index in [9.17, 15) is 0 Å². The first-order valence-electron chi connectivity index (χ1n) is 8.55. The van der Waals surface area contributed by atoms with Crippen molar-refractivity contribution in [1.82, 2.24) is 14.5 Å². The Balaban J connectivity index is 2.09. The molecular weight excluding hydrogens is 334 g/mol. The van der Waals surface area contributed by atoms with Crippen molar-refractivity contribution < 1.29 is 4.74 Å². The summed E-state index contributed by atoms with van der Waals surface area (Å²) in [7, 11) is 1.71. The summed E-state index contributed by atoms with van der Waals surface area (Å²) in [6.07, 6.45) is 3.97. The maximum absolute atomic E-state index is 6.57. The van der Waals surface area contributed by atoms with Crippen molar-refractivity contribution in [3.8, 4) is 11.3 Å². The predicted molar refractivity (Wildman–Crippen MR) is 103 cm³/mol. The van der Waals surface area contributed by atoms with Gasteiger partial charge < -0.3 is 9.30 Å². The molecule has 0 saturated carbocycles. The van der Waals surface area contributed by atoms with Crippen LogP contribution in [0, 0.1) is 6.92 Å². The minimum atomic E-state index is 0.219. The highest BCUT2D eigenvalue weighted by Gasteiger charge is 2.16. The molecule has 0 saturated heterocycles. The first-order valence-corrected chi connectivity index (χ1v) is 8.93. The SMILES string of the molecule is COC[C@H](C)n1cc(C)c2nc(-c3ccc(C(C)C)nc3)c(Cl)cc21. The molecular formula is C20H24ClN3O. The maximum Gasteiger partial charge on any atom is 0.0918 e. The van der Waals surface area contributed by atoms with Gasteiger partial charge >= 0.3 is 0 Å². The van der Waals surface area contributed by atoms with Gasteiger partial charge in [-0.2, -0.15) is 0 Å². The molecule has 25 heavy (non-hydrogen) atoms. The number of fused-ring (bicyclic) bond motifs is 1. The van der Waals surface area contributed by atoms with Crippen LogP contribution in [0.3, 0.4) is 0 Å². The molecule has 3 aromatic rings. The summed E-state index contributed by atoms with van der Waals surface area (Å²) in [5, 5.41) is 0.635. The molecule has 4 nitrogen and oxygen atoms in total. The number of pyridine rings is 2. The summed E-state index contributed by atoms with van der Waals surface area (Å²) >= 11 is 6.57. The van der Waals surface area contributed by atoms with Crippen LogP contribution in [0.25, 0.3) is 22.3 Å². The molecule has 0 unspecified atom stereocenters. The number of nitrogens with zero attached hydrogens (tertiary/aromatic N) is 3. The number of halogens is 1. The van der Waals surface area contributed by atoms with Gasteiger partial charge in [0.15, 0.2) is 0 Å². The molecule has 0 fully saturated rings. The molecule has 1 atom stereocenters. The first-order chi connectivity index (χ1) is 11.9. The van der Waals surface area contributed by atoms with Crippen LogP contribution in [0.2, 0.25) is 5.02 Å². The average Bonchev–Trinajstić information content (AvgIpc) is 2.90. The Labute approximate surface area is 153 Å². The van der Waals surface area contributed by atoms with E-state index in [0.717, 1.165) is 33.5 Å². The number of rotatable bonds is 5. The highest BCUT2D eigenvalue weighted by molar-refractivity contribution is 6.33. The normalized spacial score (nSPS) is 12.9. The number of hydrogen-bond acceptors (Lipinski definition) is 3. The van der Waals surface area contributed by atoms with Crippen molar-refractivity contribution in [1.29, 1.82) is 0 Å². The Hall–Kier alpha value is -1.91. The molecule has 0 bridgehead atoms. The zero-order valence-electron chi connectivity index (χ0n) is 15.4. The largest absolute Gasteiger partial charge is 0.383 e. The Kier molecular flexibility index (Phi) is 5.11. The van der Waals surface area contributed by atoms with Gasteiger partial charge in [-0.3, -0.25) is 4.98 Å². The zero-order valence-corrected chi connectivity index (χ0v) is 16.1. The van der Waals surface area contributed by atoms with E-state index in [1.54, 1.807) is 7.11 Å². The fourth-order valence-electron chi connectivity index (χ4n) is 3.08. The highest BCUT2D eigenvalue weighted by Crippen LogP contribution is 2.32. The van der Waals surface area contributed by atoms with Gasteiger partial charge in [-0.05, 0) is 43.5 Å². The van der Waals surface area contributed by atoms with Gasteiger partial charge in [0.05, 0.1) is 34.4 Å². The number of methoxy groups -OCH3 is 1. The van der Waals surface area contributed by atoms with Crippen LogP contribution in [-0.4, -0.2) is 28.3 Å². The lowest BCUT2D eigenvalue weighted by atomic mass is 10.1. The zero-order chi connectivity index (χ0) is 18.1. The number of aryl methyl sites for hydroxylation is 1. The Morgan fingerprint density at radius 2 is 2.00 bits per heavy atom. The standard InChI is InChI=1S/C20H24ClN3O/c1-12(2)17-7-6-15(9-22-17)20-16(21)8-18-19(23-20)13(3)10-24(18)14(4)11-25-5/h6-10,12,14H,11H2,1-5H3/t14-/m0/s1. The van der Waals surface area contributed by atoms with Gasteiger partial charge in [0.2, 0.25) is 0 Å². The monoisotopic (exact) mass is 357 g/mol. The molecule has 0 amide bonds. The van der Waals surface area contributed by atoms with Gasteiger partial charge in [0, 0.05) is 30.8 Å². The lowest BCUT2D eigenvalue weighted by Gasteiger charge is -2.14. The minimum absolute atomic E-state index is 0.219. The Morgan fingerprint density at radius 3 is 2.60 bits per heavy atom. The second-order valence-corrected chi connectivity index (χ2v) is 7.24. The molecule has 5 heteroatoms. The first kappa shape index (κ1) is 17.9. The van der Waals surface area contributed by atoms with Crippen LogP contribution in [-0.2, 0) is 4.74 Å². The van der Waals surface area contributed by atoms with Crippen LogP contribution < -0.4 is 0 Å². The summed E-state index contributed by atoms with van der Waals surface area (Å²) in [4.78, 5) is 9.38. The van der Waals surface area contributed by atoms with E-state index < -0.39 is 0 Å². The fourth-order valence-corrected chi connectivity index (χ4v) is 3.34. The van der Waals surface area contributed by atoms with E-state index in [1.165, 1.54) is 0 Å². The van der Waals surface area contributed by atoms with Crippen molar-refractivity contribution in [2.45, 2.75) is 39.7 Å². The Bertz CT molecular complexity index is 884. The number of aromatic nitrogens is 3. The third-order valence-corrected chi connectivity index (χ3v) is 4.76. The van der Waals surface area contributed by atoms with E-state index >= 15 is 0 Å². The van der Waals surface area contributed by atoms with Crippen LogP contribution in [0.15, 0.2) is 30.6 Å². The third kappa shape index (κ3) is 3.42. The van der Waals surface area contributed by atoms with Crippen LogP contribution >= 0.6 is 11.6 Å². The van der Waals surface area contributed by atoms with Gasteiger partial charge in [-0.1, -0.05) is 25.4 Å². The lowest BCUT2D eigenvalue weighted by molar-refractivity contribution is 0.164. The maximum atomic E-state index is 6.57. The van der Waals surface area contributed by atoms with Gasteiger partial charge in [-0.25, -0.2) is 4.98 Å². The summed E-state index contributed by atoms with van der Waals surface area (Å²) < 4.78 is 7.46. The van der Waals surface area contributed by atoms with E-state index in [1.807, 2.05) is 24.4 Å². The molecule has 0 radical (unpaired) electrons. The minimum Gasteiger partial charge on any atom is -0.383 e. The van der Waals surface area contributed by atoms with Gasteiger partial charge in [0.25, 0.3) is 0 Å². The highest BCUT2D eigenvalue weighted by atomic mass is 35.5. The van der Waals surface area contributed by atoms with E-state index in [4.69, 9.17) is 21.3 Å². The number of hydrogen-bond donors (Lipinski definition) is 0. The second-order valence-electron chi connectivity index (χ2n) is 6.84. The van der Waals surface area contributed by atoms with Crippen LogP contribution in [0.5, 0.6) is 0 Å². The molecule has 0 aliphatic carbocycles. The van der Waals surface area contributed by atoms with Crippen LogP contribution in [0.4, 0.5) is 0 Å². The number of ether oxygens (including phenoxy) is 1. The lowest BCUT2D eigenvalue weighted by Crippen LogP contribution is -2.09. The van der Waals surface area contributed by atoms with Crippen molar-refractivity contribution >= 4 is 22.6 Å². The molecule has 3 aromatic heterocycles. The quantitative estimate of drug-likeness (QED) is 0.614. The van der Waals surface area contributed by atoms with Crippen molar-refractivity contribution in [3.05, 3.63) is 46.9 Å². The van der Waals surface area contributed by atoms with Gasteiger partial charge in [0.1, 0.15) is 0 Å². The molecule has 3 heterocycles. The van der Waals surface area contributed by atoms with Crippen molar-refractivity contribution in [2.24, 2.45) is 0 Å². The van der Waals surface area contributed by atoms with E-state index in [2.05, 4.69) is 43.4 Å². The van der Waals surface area contributed by atoms with Gasteiger partial charge in [-0.15, -0.1) is 0 Å². The van der Waals surface area contributed by atoms with Crippen molar-refractivity contribution in [3.63, 3.8) is 0 Å². The van der Waals surface area contributed by atoms with Crippen LogP contribution in [0.1, 0.15) is 44.0 Å². The third-order valence-electron chi connectivity index (χ3n) is 4.47. The molecule has 0 aromatic carbocycles. The molecule has 0 aliphatic heterocycles. The molecule has 0 aliphatic rings. The molecule has 3 rings (SSSR count). The summed E-state index contributed by atoms with van der Waals surface area (Å²) in [5.74, 6) is 0.401.